The normalized spacial score (nSPS) is 15.9. The maximum Gasteiger partial charge on any atom is 0.314 e. The second kappa shape index (κ2) is 8.20. The van der Waals surface area contributed by atoms with E-state index in [9.17, 15) is 13.2 Å². The molecule has 0 N–H and O–H groups in total. The maximum absolute atomic E-state index is 13.0. The molecule has 0 radical (unpaired) electrons. The van der Waals surface area contributed by atoms with E-state index < -0.39 is 10.0 Å². The Hall–Kier alpha value is -2.70. The highest BCUT2D eigenvalue weighted by molar-refractivity contribution is 7.89. The smallest absolute Gasteiger partial charge is 0.314 e. The van der Waals surface area contributed by atoms with Crippen molar-refractivity contribution in [1.29, 1.82) is 0 Å². The summed E-state index contributed by atoms with van der Waals surface area (Å²) in [5, 5.41) is 1.90. The number of rotatable bonds is 4. The average molecular weight is 424 g/mol. The summed E-state index contributed by atoms with van der Waals surface area (Å²) in [4.78, 5) is 13.1. The number of piperidine rings is 1. The van der Waals surface area contributed by atoms with Gasteiger partial charge >= 0.3 is 5.97 Å². The minimum Gasteiger partial charge on any atom is -0.426 e. The molecule has 0 atom stereocenters. The van der Waals surface area contributed by atoms with Gasteiger partial charge in [-0.15, -0.1) is 0 Å². The van der Waals surface area contributed by atoms with Crippen LogP contribution in [0.4, 0.5) is 0 Å². The lowest BCUT2D eigenvalue weighted by molar-refractivity contribution is -0.140. The minimum atomic E-state index is -3.57. The van der Waals surface area contributed by atoms with Gasteiger partial charge in [-0.2, -0.15) is 4.31 Å². The van der Waals surface area contributed by atoms with Crippen molar-refractivity contribution in [2.24, 2.45) is 5.92 Å². The predicted molar refractivity (Wildman–Crippen MR) is 117 cm³/mol. The van der Waals surface area contributed by atoms with E-state index in [1.807, 2.05) is 62.4 Å². The molecule has 156 valence electrons. The number of hydrogen-bond acceptors (Lipinski definition) is 4. The standard InChI is InChI=1S/C24H25NO4S/c1-17-10-11-23(18(2)16-17)30(27,28)25-14-12-20(13-15-25)24(26)29-22-9-5-7-19-6-3-4-8-21(19)22/h3-11,16,20H,12-15H2,1-2H3. The third-order valence-corrected chi connectivity index (χ3v) is 7.75. The van der Waals surface area contributed by atoms with Crippen LogP contribution < -0.4 is 4.74 Å². The van der Waals surface area contributed by atoms with E-state index in [2.05, 4.69) is 0 Å². The SMILES string of the molecule is Cc1ccc(S(=O)(=O)N2CCC(C(=O)Oc3cccc4ccccc34)CC2)c(C)c1. The lowest BCUT2D eigenvalue weighted by Gasteiger charge is -2.30. The number of hydrogen-bond donors (Lipinski definition) is 0. The van der Waals surface area contributed by atoms with Crippen LogP contribution >= 0.6 is 0 Å². The number of fused-ring (bicyclic) bond motifs is 1. The van der Waals surface area contributed by atoms with Gasteiger partial charge in [-0.1, -0.05) is 54.1 Å². The summed E-state index contributed by atoms with van der Waals surface area (Å²) in [5.74, 6) is -0.0621. The van der Waals surface area contributed by atoms with Crippen molar-refractivity contribution >= 4 is 26.8 Å². The van der Waals surface area contributed by atoms with E-state index >= 15 is 0 Å². The molecule has 30 heavy (non-hydrogen) atoms. The fourth-order valence-corrected chi connectivity index (χ4v) is 5.71. The van der Waals surface area contributed by atoms with E-state index in [0.29, 0.717) is 36.6 Å². The first kappa shape index (κ1) is 20.6. The van der Waals surface area contributed by atoms with Crippen molar-refractivity contribution in [3.05, 3.63) is 71.8 Å². The third kappa shape index (κ3) is 3.98. The molecule has 1 aliphatic heterocycles. The van der Waals surface area contributed by atoms with Crippen molar-refractivity contribution in [3.63, 3.8) is 0 Å². The number of nitrogens with zero attached hydrogens (tertiary/aromatic N) is 1. The van der Waals surface area contributed by atoms with Crippen LogP contribution in [-0.4, -0.2) is 31.8 Å². The van der Waals surface area contributed by atoms with Crippen molar-refractivity contribution in [3.8, 4) is 5.75 Å². The zero-order valence-corrected chi connectivity index (χ0v) is 18.0. The average Bonchev–Trinajstić information content (AvgIpc) is 2.74. The van der Waals surface area contributed by atoms with E-state index in [4.69, 9.17) is 4.74 Å². The number of carbonyl (C=O) groups is 1. The van der Waals surface area contributed by atoms with Gasteiger partial charge in [0.05, 0.1) is 10.8 Å². The third-order valence-electron chi connectivity index (χ3n) is 5.70. The predicted octanol–water partition coefficient (Wildman–Crippen LogP) is 4.46. The molecule has 0 unspecified atom stereocenters. The van der Waals surface area contributed by atoms with Crippen LogP contribution in [0.2, 0.25) is 0 Å². The number of ether oxygens (including phenoxy) is 1. The van der Waals surface area contributed by atoms with Gasteiger partial charge in [0.25, 0.3) is 0 Å². The van der Waals surface area contributed by atoms with Gasteiger partial charge in [0.15, 0.2) is 0 Å². The Labute approximate surface area is 177 Å². The first-order valence-corrected chi connectivity index (χ1v) is 11.6. The van der Waals surface area contributed by atoms with Gasteiger partial charge in [0, 0.05) is 18.5 Å². The highest BCUT2D eigenvalue weighted by Crippen LogP contribution is 2.29. The summed E-state index contributed by atoms with van der Waals surface area (Å²) in [5.41, 5.74) is 1.77. The van der Waals surface area contributed by atoms with E-state index in [-0.39, 0.29) is 11.9 Å². The Kier molecular flexibility index (Phi) is 5.62. The lowest BCUT2D eigenvalue weighted by atomic mass is 9.98. The number of esters is 1. The Morgan fingerprint density at radius 3 is 2.40 bits per heavy atom. The molecule has 1 aliphatic rings. The fourth-order valence-electron chi connectivity index (χ4n) is 4.04. The van der Waals surface area contributed by atoms with Crippen LogP contribution in [0.25, 0.3) is 10.8 Å². The molecule has 4 rings (SSSR count). The summed E-state index contributed by atoms with van der Waals surface area (Å²) in [6, 6.07) is 18.7. The molecule has 6 heteroatoms. The molecular formula is C24H25NO4S. The Bertz CT molecular complexity index is 1190. The number of benzene rings is 3. The van der Waals surface area contributed by atoms with Crippen LogP contribution in [0.1, 0.15) is 24.0 Å². The van der Waals surface area contributed by atoms with Gasteiger partial charge in [0.1, 0.15) is 5.75 Å². The van der Waals surface area contributed by atoms with Crippen molar-refractivity contribution < 1.29 is 17.9 Å². The van der Waals surface area contributed by atoms with Gasteiger partial charge in [-0.3, -0.25) is 4.79 Å². The van der Waals surface area contributed by atoms with Crippen LogP contribution in [0.3, 0.4) is 0 Å². The van der Waals surface area contributed by atoms with Crippen LogP contribution in [0.15, 0.2) is 65.6 Å². The van der Waals surface area contributed by atoms with Crippen molar-refractivity contribution in [2.75, 3.05) is 13.1 Å². The van der Waals surface area contributed by atoms with Crippen molar-refractivity contribution in [1.82, 2.24) is 4.31 Å². The lowest BCUT2D eigenvalue weighted by Crippen LogP contribution is -2.41. The minimum absolute atomic E-state index is 0.296. The Balaban J connectivity index is 1.44. The fraction of sp³-hybridized carbons (Fsp3) is 0.292. The summed E-state index contributed by atoms with van der Waals surface area (Å²) in [6.45, 7) is 4.38. The molecule has 0 aromatic heterocycles. The molecule has 1 heterocycles. The largest absolute Gasteiger partial charge is 0.426 e. The molecule has 1 saturated heterocycles. The van der Waals surface area contributed by atoms with Gasteiger partial charge in [0.2, 0.25) is 10.0 Å². The Morgan fingerprint density at radius 2 is 1.67 bits per heavy atom. The number of sulfonamides is 1. The molecule has 3 aromatic rings. The first-order chi connectivity index (χ1) is 14.4. The van der Waals surface area contributed by atoms with Gasteiger partial charge < -0.3 is 4.74 Å². The summed E-state index contributed by atoms with van der Waals surface area (Å²) < 4.78 is 33.3. The van der Waals surface area contributed by atoms with Gasteiger partial charge in [-0.05, 0) is 49.8 Å². The zero-order chi connectivity index (χ0) is 21.3. The molecule has 0 bridgehead atoms. The topological polar surface area (TPSA) is 63.7 Å². The van der Waals surface area contributed by atoms with Crippen LogP contribution in [-0.2, 0) is 14.8 Å². The van der Waals surface area contributed by atoms with E-state index in [1.165, 1.54) is 4.31 Å². The second-order valence-corrected chi connectivity index (χ2v) is 9.75. The second-order valence-electron chi connectivity index (χ2n) is 7.85. The molecule has 0 amide bonds. The van der Waals surface area contributed by atoms with Crippen LogP contribution in [0, 0.1) is 19.8 Å². The first-order valence-electron chi connectivity index (χ1n) is 10.1. The molecule has 5 nitrogen and oxygen atoms in total. The molecule has 0 aliphatic carbocycles. The van der Waals surface area contributed by atoms with Gasteiger partial charge in [-0.25, -0.2) is 8.42 Å². The molecule has 3 aromatic carbocycles. The number of aryl methyl sites for hydroxylation is 2. The summed E-state index contributed by atoms with van der Waals surface area (Å²) in [7, 11) is -3.57. The highest BCUT2D eigenvalue weighted by Gasteiger charge is 2.33. The number of carbonyl (C=O) groups excluding carboxylic acids is 1. The highest BCUT2D eigenvalue weighted by atomic mass is 32.2. The molecule has 1 fully saturated rings. The molecular weight excluding hydrogens is 398 g/mol. The van der Waals surface area contributed by atoms with Crippen molar-refractivity contribution in [2.45, 2.75) is 31.6 Å². The monoisotopic (exact) mass is 423 g/mol. The maximum atomic E-state index is 13.0. The quantitative estimate of drug-likeness (QED) is 0.459. The van der Waals surface area contributed by atoms with E-state index in [0.717, 1.165) is 21.9 Å². The molecule has 0 spiro atoms. The summed E-state index contributed by atoms with van der Waals surface area (Å²) in [6.07, 6.45) is 0.904. The summed E-state index contributed by atoms with van der Waals surface area (Å²) >= 11 is 0. The Morgan fingerprint density at radius 1 is 0.967 bits per heavy atom. The zero-order valence-electron chi connectivity index (χ0n) is 17.2. The van der Waals surface area contributed by atoms with E-state index in [1.54, 1.807) is 12.1 Å². The molecule has 0 saturated carbocycles. The van der Waals surface area contributed by atoms with Crippen LogP contribution in [0.5, 0.6) is 5.75 Å².